The van der Waals surface area contributed by atoms with Crippen LogP contribution in [0.5, 0.6) is 0 Å². The van der Waals surface area contributed by atoms with Crippen LogP contribution < -0.4 is 4.90 Å². The van der Waals surface area contributed by atoms with Gasteiger partial charge in [-0.1, -0.05) is 53.8 Å². The lowest BCUT2D eigenvalue weighted by molar-refractivity contribution is -0.118. The molecule has 2 aromatic carbocycles. The maximum Gasteiger partial charge on any atom is 0.234 e. The summed E-state index contributed by atoms with van der Waals surface area (Å²) in [6, 6.07) is 18.5. The van der Waals surface area contributed by atoms with E-state index in [2.05, 4.69) is 4.98 Å². The van der Waals surface area contributed by atoms with E-state index in [0.717, 1.165) is 15.1 Å². The Balaban J connectivity index is 1.70. The van der Waals surface area contributed by atoms with Gasteiger partial charge in [-0.3, -0.25) is 9.69 Å². The Labute approximate surface area is 158 Å². The molecule has 0 saturated carbocycles. The number of fused-ring (bicyclic) bond motifs is 1. The fourth-order valence-corrected chi connectivity index (χ4v) is 4.40. The van der Waals surface area contributed by atoms with Crippen LogP contribution in [0.4, 0.5) is 9.52 Å². The molecule has 4 rings (SSSR count). The van der Waals surface area contributed by atoms with Crippen LogP contribution in [-0.4, -0.2) is 10.9 Å². The molecule has 1 amide bonds. The van der Waals surface area contributed by atoms with Crippen molar-refractivity contribution in [3.8, 4) is 0 Å². The molecule has 0 aliphatic carbocycles. The van der Waals surface area contributed by atoms with Crippen molar-refractivity contribution < 1.29 is 9.18 Å². The molecule has 0 unspecified atom stereocenters. The number of carbonyl (C=O) groups is 1. The number of amides is 1. The first-order valence-corrected chi connectivity index (χ1v) is 9.82. The van der Waals surface area contributed by atoms with E-state index in [0.29, 0.717) is 23.6 Å². The Morgan fingerprint density at radius 2 is 1.88 bits per heavy atom. The van der Waals surface area contributed by atoms with E-state index < -0.39 is 0 Å². The molecule has 130 valence electrons. The molecule has 0 bridgehead atoms. The molecule has 2 heterocycles. The average molecular weight is 382 g/mol. The molecule has 0 spiro atoms. The first kappa shape index (κ1) is 16.9. The van der Waals surface area contributed by atoms with Gasteiger partial charge in [0.15, 0.2) is 5.13 Å². The van der Waals surface area contributed by atoms with Crippen LogP contribution in [0.15, 0.2) is 66.0 Å². The topological polar surface area (TPSA) is 33.2 Å². The Morgan fingerprint density at radius 3 is 2.62 bits per heavy atom. The molecule has 26 heavy (non-hydrogen) atoms. The minimum atomic E-state index is -0.365. The first-order chi connectivity index (χ1) is 12.7. The quantitative estimate of drug-likeness (QED) is 0.471. The van der Waals surface area contributed by atoms with Crippen molar-refractivity contribution in [3.63, 3.8) is 0 Å². The van der Waals surface area contributed by atoms with Gasteiger partial charge in [0.25, 0.3) is 0 Å². The highest BCUT2D eigenvalue weighted by atomic mass is 32.1. The maximum atomic E-state index is 14.0. The van der Waals surface area contributed by atoms with Crippen molar-refractivity contribution in [2.24, 2.45) is 0 Å². The molecule has 0 saturated heterocycles. The summed E-state index contributed by atoms with van der Waals surface area (Å²) in [4.78, 5) is 20.0. The first-order valence-electron chi connectivity index (χ1n) is 8.12. The molecule has 0 N–H and O–H groups in total. The number of thiophene rings is 1. The Bertz CT molecular complexity index is 1030. The summed E-state index contributed by atoms with van der Waals surface area (Å²) in [5.74, 6) is -0.411. The number of nitrogens with zero attached hydrogens (tertiary/aromatic N) is 2. The van der Waals surface area contributed by atoms with Gasteiger partial charge in [0.2, 0.25) is 5.91 Å². The molecule has 2 aromatic heterocycles. The van der Waals surface area contributed by atoms with Crippen LogP contribution in [0.3, 0.4) is 0 Å². The van der Waals surface area contributed by atoms with Gasteiger partial charge in [-0.05, 0) is 29.1 Å². The predicted molar refractivity (Wildman–Crippen MR) is 105 cm³/mol. The molecular formula is C20H15FN2OS2. The summed E-state index contributed by atoms with van der Waals surface area (Å²) < 4.78 is 14.8. The lowest BCUT2D eigenvalue weighted by atomic mass is 10.2. The zero-order chi connectivity index (χ0) is 17.9. The lowest BCUT2D eigenvalue weighted by Crippen LogP contribution is -2.31. The predicted octanol–water partition coefficient (Wildman–Crippen LogP) is 5.27. The van der Waals surface area contributed by atoms with Crippen LogP contribution in [0, 0.1) is 5.82 Å². The number of para-hydroxylation sites is 1. The number of halogens is 1. The second-order valence-corrected chi connectivity index (χ2v) is 7.85. The van der Waals surface area contributed by atoms with Crippen molar-refractivity contribution in [3.05, 3.63) is 82.3 Å². The third-order valence-corrected chi connectivity index (χ3v) is 5.90. The summed E-state index contributed by atoms with van der Waals surface area (Å²) in [5, 5.41) is 2.48. The molecule has 0 atom stereocenters. The number of hydrogen-bond acceptors (Lipinski definition) is 4. The smallest absolute Gasteiger partial charge is 0.234 e. The van der Waals surface area contributed by atoms with E-state index in [4.69, 9.17) is 0 Å². The van der Waals surface area contributed by atoms with Gasteiger partial charge in [0.1, 0.15) is 11.3 Å². The van der Waals surface area contributed by atoms with E-state index in [1.165, 1.54) is 17.4 Å². The zero-order valence-electron chi connectivity index (χ0n) is 13.8. The second kappa shape index (κ2) is 7.35. The molecule has 4 aromatic rings. The van der Waals surface area contributed by atoms with Gasteiger partial charge in [-0.2, -0.15) is 0 Å². The van der Waals surface area contributed by atoms with Crippen LogP contribution in [0.1, 0.15) is 10.4 Å². The SMILES string of the molecule is O=C(Cc1cccs1)N(Cc1ccccc1)c1nc2c(F)cccc2s1. The highest BCUT2D eigenvalue weighted by molar-refractivity contribution is 7.22. The fourth-order valence-electron chi connectivity index (χ4n) is 2.70. The molecule has 6 heteroatoms. The van der Waals surface area contributed by atoms with Crippen LogP contribution in [-0.2, 0) is 17.8 Å². The Hall–Kier alpha value is -2.57. The summed E-state index contributed by atoms with van der Waals surface area (Å²) in [6.07, 6.45) is 0.308. The van der Waals surface area contributed by atoms with Crippen molar-refractivity contribution in [1.29, 1.82) is 0 Å². The third-order valence-electron chi connectivity index (χ3n) is 3.98. The molecule has 0 radical (unpaired) electrons. The van der Waals surface area contributed by atoms with Crippen molar-refractivity contribution in [1.82, 2.24) is 4.98 Å². The van der Waals surface area contributed by atoms with E-state index in [-0.39, 0.29) is 11.7 Å². The Morgan fingerprint density at radius 1 is 1.04 bits per heavy atom. The van der Waals surface area contributed by atoms with Gasteiger partial charge in [-0.15, -0.1) is 11.3 Å². The van der Waals surface area contributed by atoms with Gasteiger partial charge in [0, 0.05) is 4.88 Å². The van der Waals surface area contributed by atoms with E-state index >= 15 is 0 Å². The molecule has 3 nitrogen and oxygen atoms in total. The Kier molecular flexibility index (Phi) is 4.77. The third kappa shape index (κ3) is 3.52. The minimum absolute atomic E-state index is 0.0456. The molecule has 0 fully saturated rings. The van der Waals surface area contributed by atoms with E-state index in [9.17, 15) is 9.18 Å². The van der Waals surface area contributed by atoms with Crippen molar-refractivity contribution in [2.45, 2.75) is 13.0 Å². The standard InChI is InChI=1S/C20H15FN2OS2/c21-16-9-4-10-17-19(16)22-20(26-17)23(13-14-6-2-1-3-7-14)18(24)12-15-8-5-11-25-15/h1-11H,12-13H2. The minimum Gasteiger partial charge on any atom is -0.283 e. The number of anilines is 1. The van der Waals surface area contributed by atoms with Gasteiger partial charge in [-0.25, -0.2) is 9.37 Å². The largest absolute Gasteiger partial charge is 0.283 e. The maximum absolute atomic E-state index is 14.0. The number of benzene rings is 2. The number of thiazole rings is 1. The van der Waals surface area contributed by atoms with Crippen LogP contribution >= 0.6 is 22.7 Å². The van der Waals surface area contributed by atoms with Gasteiger partial charge >= 0.3 is 0 Å². The highest BCUT2D eigenvalue weighted by Crippen LogP contribution is 2.31. The van der Waals surface area contributed by atoms with Crippen LogP contribution in [0.2, 0.25) is 0 Å². The summed E-state index contributed by atoms with van der Waals surface area (Å²) in [6.45, 7) is 0.409. The second-order valence-electron chi connectivity index (χ2n) is 5.80. The molecular weight excluding hydrogens is 367 g/mol. The van der Waals surface area contributed by atoms with Crippen molar-refractivity contribution >= 4 is 43.9 Å². The summed E-state index contributed by atoms with van der Waals surface area (Å²) in [7, 11) is 0. The summed E-state index contributed by atoms with van der Waals surface area (Å²) in [5.41, 5.74) is 1.32. The highest BCUT2D eigenvalue weighted by Gasteiger charge is 2.21. The normalized spacial score (nSPS) is 11.0. The number of aromatic nitrogens is 1. The van der Waals surface area contributed by atoms with E-state index in [1.807, 2.05) is 53.9 Å². The number of carbonyl (C=O) groups excluding carboxylic acids is 1. The molecule has 0 aliphatic rings. The molecule has 0 aliphatic heterocycles. The number of rotatable bonds is 5. The van der Waals surface area contributed by atoms with Gasteiger partial charge in [0.05, 0.1) is 17.7 Å². The zero-order valence-corrected chi connectivity index (χ0v) is 15.4. The average Bonchev–Trinajstić information content (AvgIpc) is 3.30. The summed E-state index contributed by atoms with van der Waals surface area (Å²) >= 11 is 2.89. The van der Waals surface area contributed by atoms with Crippen LogP contribution in [0.25, 0.3) is 10.2 Å². The van der Waals surface area contributed by atoms with Crippen molar-refractivity contribution in [2.75, 3.05) is 4.90 Å². The number of hydrogen-bond donors (Lipinski definition) is 0. The van der Waals surface area contributed by atoms with Gasteiger partial charge < -0.3 is 0 Å². The fraction of sp³-hybridized carbons (Fsp3) is 0.100. The lowest BCUT2D eigenvalue weighted by Gasteiger charge is -2.19. The monoisotopic (exact) mass is 382 g/mol. The van der Waals surface area contributed by atoms with E-state index in [1.54, 1.807) is 22.3 Å².